The van der Waals surface area contributed by atoms with Gasteiger partial charge in [-0.2, -0.15) is 0 Å². The minimum atomic E-state index is 0.583. The Morgan fingerprint density at radius 3 is 2.12 bits per heavy atom. The van der Waals surface area contributed by atoms with E-state index >= 15 is 0 Å². The van der Waals surface area contributed by atoms with Crippen LogP contribution in [-0.2, 0) is 6.54 Å². The minimum Gasteiger partial charge on any atom is -0.345 e. The fourth-order valence-electron chi connectivity index (χ4n) is 1.57. The maximum absolute atomic E-state index is 5.57. The molecule has 0 spiro atoms. The predicted molar refractivity (Wildman–Crippen MR) is 66.6 cm³/mol. The van der Waals surface area contributed by atoms with Gasteiger partial charge in [-0.1, -0.05) is 12.1 Å². The van der Waals surface area contributed by atoms with E-state index in [1.165, 1.54) is 0 Å². The number of aromatic nitrogens is 1. The summed E-state index contributed by atoms with van der Waals surface area (Å²) in [5.41, 5.74) is 8.97. The van der Waals surface area contributed by atoms with Gasteiger partial charge in [-0.3, -0.25) is 4.98 Å². The minimum absolute atomic E-state index is 0.583. The summed E-state index contributed by atoms with van der Waals surface area (Å²) in [5, 5.41) is 0. The molecule has 0 amide bonds. The molecule has 0 aliphatic rings. The molecule has 0 fully saturated rings. The molecule has 1 aromatic carbocycles. The molecule has 0 radical (unpaired) electrons. The molecule has 16 heavy (non-hydrogen) atoms. The Bertz CT molecular complexity index is 436. The molecular weight excluding hydrogens is 198 g/mol. The molecule has 2 N–H and O–H groups in total. The fraction of sp³-hybridized carbons (Fsp3) is 0.154. The number of benzene rings is 1. The topological polar surface area (TPSA) is 42.2 Å². The van der Waals surface area contributed by atoms with Gasteiger partial charge in [0, 0.05) is 37.4 Å². The highest BCUT2D eigenvalue weighted by Gasteiger charge is 2.02. The Hall–Kier alpha value is -1.87. The summed E-state index contributed by atoms with van der Waals surface area (Å²) in [7, 11) is 2.03. The van der Waals surface area contributed by atoms with Crippen LogP contribution in [0.1, 0.15) is 5.56 Å². The van der Waals surface area contributed by atoms with Crippen LogP contribution in [0.5, 0.6) is 0 Å². The number of hydrogen-bond donors (Lipinski definition) is 1. The zero-order valence-corrected chi connectivity index (χ0v) is 9.30. The van der Waals surface area contributed by atoms with Gasteiger partial charge < -0.3 is 10.6 Å². The summed E-state index contributed by atoms with van der Waals surface area (Å²) >= 11 is 0. The van der Waals surface area contributed by atoms with Crippen molar-refractivity contribution in [3.8, 4) is 0 Å². The van der Waals surface area contributed by atoms with E-state index < -0.39 is 0 Å². The molecule has 3 heteroatoms. The standard InChI is InChI=1S/C13H15N3/c1-16(13-6-8-15-9-7-13)12-4-2-11(10-14)3-5-12/h2-9H,10,14H2,1H3. The van der Waals surface area contributed by atoms with Crippen LogP contribution in [0.2, 0.25) is 0 Å². The second-order valence-corrected chi connectivity index (χ2v) is 3.64. The van der Waals surface area contributed by atoms with Gasteiger partial charge in [-0.25, -0.2) is 0 Å². The van der Waals surface area contributed by atoms with Crippen molar-refractivity contribution >= 4 is 11.4 Å². The fourth-order valence-corrected chi connectivity index (χ4v) is 1.57. The Labute approximate surface area is 95.5 Å². The smallest absolute Gasteiger partial charge is 0.0438 e. The van der Waals surface area contributed by atoms with E-state index in [9.17, 15) is 0 Å². The lowest BCUT2D eigenvalue weighted by molar-refractivity contribution is 1.07. The molecule has 0 bridgehead atoms. The molecule has 2 aromatic rings. The molecule has 0 aliphatic carbocycles. The van der Waals surface area contributed by atoms with Gasteiger partial charge >= 0.3 is 0 Å². The van der Waals surface area contributed by atoms with Crippen LogP contribution in [0, 0.1) is 0 Å². The first-order valence-corrected chi connectivity index (χ1v) is 5.24. The molecule has 0 aliphatic heterocycles. The summed E-state index contributed by atoms with van der Waals surface area (Å²) in [4.78, 5) is 6.12. The number of rotatable bonds is 3. The van der Waals surface area contributed by atoms with Crippen molar-refractivity contribution in [1.29, 1.82) is 0 Å². The van der Waals surface area contributed by atoms with Crippen molar-refractivity contribution in [2.45, 2.75) is 6.54 Å². The summed E-state index contributed by atoms with van der Waals surface area (Å²) in [6.45, 7) is 0.583. The quantitative estimate of drug-likeness (QED) is 0.850. The second kappa shape index (κ2) is 4.77. The van der Waals surface area contributed by atoms with Crippen LogP contribution in [0.25, 0.3) is 0 Å². The molecule has 2 rings (SSSR count). The van der Waals surface area contributed by atoms with Crippen LogP contribution in [0.15, 0.2) is 48.8 Å². The molecule has 1 aromatic heterocycles. The van der Waals surface area contributed by atoms with E-state index in [0.29, 0.717) is 6.54 Å². The zero-order valence-electron chi connectivity index (χ0n) is 9.30. The van der Waals surface area contributed by atoms with Gasteiger partial charge in [0.1, 0.15) is 0 Å². The second-order valence-electron chi connectivity index (χ2n) is 3.64. The van der Waals surface area contributed by atoms with Crippen molar-refractivity contribution in [3.05, 3.63) is 54.4 Å². The normalized spacial score (nSPS) is 10.1. The highest BCUT2D eigenvalue weighted by atomic mass is 15.1. The van der Waals surface area contributed by atoms with Crippen molar-refractivity contribution in [2.24, 2.45) is 5.73 Å². The Morgan fingerprint density at radius 2 is 1.56 bits per heavy atom. The molecule has 0 atom stereocenters. The van der Waals surface area contributed by atoms with Crippen LogP contribution in [-0.4, -0.2) is 12.0 Å². The Balaban J connectivity index is 2.24. The average molecular weight is 213 g/mol. The summed E-state index contributed by atoms with van der Waals surface area (Å²) in [6, 6.07) is 12.2. The first-order valence-electron chi connectivity index (χ1n) is 5.24. The number of nitrogens with two attached hydrogens (primary N) is 1. The number of nitrogens with zero attached hydrogens (tertiary/aromatic N) is 2. The lowest BCUT2D eigenvalue weighted by Crippen LogP contribution is -2.09. The highest BCUT2D eigenvalue weighted by Crippen LogP contribution is 2.22. The predicted octanol–water partition coefficient (Wildman–Crippen LogP) is 2.31. The van der Waals surface area contributed by atoms with Gasteiger partial charge in [0.05, 0.1) is 0 Å². The molecule has 1 heterocycles. The highest BCUT2D eigenvalue weighted by molar-refractivity contribution is 5.61. The van der Waals surface area contributed by atoms with Crippen LogP contribution >= 0.6 is 0 Å². The zero-order chi connectivity index (χ0) is 11.4. The number of pyridine rings is 1. The Kier molecular flexibility index (Phi) is 3.17. The van der Waals surface area contributed by atoms with Gasteiger partial charge in [0.15, 0.2) is 0 Å². The van der Waals surface area contributed by atoms with E-state index in [1.54, 1.807) is 12.4 Å². The van der Waals surface area contributed by atoms with E-state index in [-0.39, 0.29) is 0 Å². The third kappa shape index (κ3) is 2.20. The lowest BCUT2D eigenvalue weighted by atomic mass is 10.2. The first-order chi connectivity index (χ1) is 7.81. The van der Waals surface area contributed by atoms with E-state index in [1.807, 2.05) is 31.3 Å². The van der Waals surface area contributed by atoms with Crippen LogP contribution in [0.3, 0.4) is 0 Å². The average Bonchev–Trinajstić information content (AvgIpc) is 2.39. The van der Waals surface area contributed by atoms with Gasteiger partial charge in [0.2, 0.25) is 0 Å². The monoisotopic (exact) mass is 213 g/mol. The molecular formula is C13H15N3. The van der Waals surface area contributed by atoms with Crippen molar-refractivity contribution in [3.63, 3.8) is 0 Å². The number of hydrogen-bond acceptors (Lipinski definition) is 3. The van der Waals surface area contributed by atoms with Crippen molar-refractivity contribution < 1.29 is 0 Å². The molecule has 3 nitrogen and oxygen atoms in total. The third-order valence-corrected chi connectivity index (χ3v) is 2.61. The number of anilines is 2. The molecule has 0 unspecified atom stereocenters. The van der Waals surface area contributed by atoms with Crippen LogP contribution in [0.4, 0.5) is 11.4 Å². The summed E-state index contributed by atoms with van der Waals surface area (Å²) in [5.74, 6) is 0. The SMILES string of the molecule is CN(c1ccncc1)c1ccc(CN)cc1. The van der Waals surface area contributed by atoms with Gasteiger partial charge in [0.25, 0.3) is 0 Å². The van der Waals surface area contributed by atoms with E-state index in [0.717, 1.165) is 16.9 Å². The molecule has 0 saturated heterocycles. The largest absolute Gasteiger partial charge is 0.345 e. The first kappa shape index (κ1) is 10.6. The maximum Gasteiger partial charge on any atom is 0.0438 e. The summed E-state index contributed by atoms with van der Waals surface area (Å²) in [6.07, 6.45) is 3.58. The van der Waals surface area contributed by atoms with Crippen molar-refractivity contribution in [2.75, 3.05) is 11.9 Å². The van der Waals surface area contributed by atoms with E-state index in [4.69, 9.17) is 5.73 Å². The van der Waals surface area contributed by atoms with Crippen LogP contribution < -0.4 is 10.6 Å². The lowest BCUT2D eigenvalue weighted by Gasteiger charge is -2.19. The van der Waals surface area contributed by atoms with Crippen molar-refractivity contribution in [1.82, 2.24) is 4.98 Å². The molecule has 0 saturated carbocycles. The third-order valence-electron chi connectivity index (χ3n) is 2.61. The molecule has 82 valence electrons. The Morgan fingerprint density at radius 1 is 1.00 bits per heavy atom. The van der Waals surface area contributed by atoms with Gasteiger partial charge in [-0.15, -0.1) is 0 Å². The summed E-state index contributed by atoms with van der Waals surface area (Å²) < 4.78 is 0. The van der Waals surface area contributed by atoms with E-state index in [2.05, 4.69) is 22.0 Å². The maximum atomic E-state index is 5.57. The van der Waals surface area contributed by atoms with Gasteiger partial charge in [-0.05, 0) is 29.8 Å².